The molecule has 1 saturated carbocycles. The number of hydrogen-bond acceptors (Lipinski definition) is 1. The minimum Gasteiger partial charge on any atom is -0.260 e. The van der Waals surface area contributed by atoms with Crippen molar-refractivity contribution in [2.24, 2.45) is 10.8 Å². The van der Waals surface area contributed by atoms with Crippen LogP contribution in [0.2, 0.25) is 0 Å². The highest BCUT2D eigenvalue weighted by Crippen LogP contribution is 2.57. The lowest BCUT2D eigenvalue weighted by atomic mass is 9.66. The number of rotatable bonds is 3. The van der Waals surface area contributed by atoms with Crippen LogP contribution in [0.1, 0.15) is 40.0 Å². The van der Waals surface area contributed by atoms with Crippen LogP contribution < -0.4 is 0 Å². The van der Waals surface area contributed by atoms with Crippen LogP contribution in [-0.4, -0.2) is 16.2 Å². The molecule has 0 N–H and O–H groups in total. The van der Waals surface area contributed by atoms with Crippen molar-refractivity contribution in [3.05, 3.63) is 12.2 Å². The molecule has 2 unspecified atom stereocenters. The van der Waals surface area contributed by atoms with E-state index >= 15 is 0 Å². The molecule has 1 aliphatic carbocycles. The summed E-state index contributed by atoms with van der Waals surface area (Å²) in [6.07, 6.45) is 5.17. The van der Waals surface area contributed by atoms with E-state index in [1.165, 1.54) is 12.0 Å². The molecule has 2 heteroatoms. The summed E-state index contributed by atoms with van der Waals surface area (Å²) < 4.78 is 11.5. The standard InChI is InChI=1S/C12H22OS/c1-6-12(9-14(5)13)10(2)7-8-11(12,3)4/h2,6-9H2,1,3-5H3. The topological polar surface area (TPSA) is 17.1 Å². The Morgan fingerprint density at radius 2 is 2.07 bits per heavy atom. The van der Waals surface area contributed by atoms with Crippen LogP contribution in [-0.2, 0) is 10.8 Å². The zero-order chi connectivity index (χ0) is 11.0. The van der Waals surface area contributed by atoms with Crippen LogP contribution in [0.3, 0.4) is 0 Å². The van der Waals surface area contributed by atoms with Crippen molar-refractivity contribution in [3.8, 4) is 0 Å². The molecule has 1 nitrogen and oxygen atoms in total. The number of hydrogen-bond donors (Lipinski definition) is 0. The zero-order valence-electron chi connectivity index (χ0n) is 9.85. The molecule has 1 rings (SSSR count). The van der Waals surface area contributed by atoms with Crippen LogP contribution in [0, 0.1) is 10.8 Å². The number of allylic oxidation sites excluding steroid dienone is 1. The Balaban J connectivity index is 3.06. The van der Waals surface area contributed by atoms with E-state index in [4.69, 9.17) is 0 Å². The highest BCUT2D eigenvalue weighted by atomic mass is 32.2. The van der Waals surface area contributed by atoms with Gasteiger partial charge in [-0.1, -0.05) is 32.9 Å². The molecule has 0 aromatic rings. The van der Waals surface area contributed by atoms with Crippen molar-refractivity contribution in [3.63, 3.8) is 0 Å². The molecule has 1 fully saturated rings. The summed E-state index contributed by atoms with van der Waals surface area (Å²) in [6, 6.07) is 0. The third-order valence-corrected chi connectivity index (χ3v) is 4.98. The van der Waals surface area contributed by atoms with E-state index in [9.17, 15) is 4.21 Å². The van der Waals surface area contributed by atoms with Crippen LogP contribution >= 0.6 is 0 Å². The summed E-state index contributed by atoms with van der Waals surface area (Å²) in [7, 11) is -0.723. The molecule has 0 aliphatic heterocycles. The van der Waals surface area contributed by atoms with E-state index in [2.05, 4.69) is 27.4 Å². The summed E-state index contributed by atoms with van der Waals surface area (Å²) >= 11 is 0. The molecule has 14 heavy (non-hydrogen) atoms. The first-order valence-electron chi connectivity index (χ1n) is 5.34. The van der Waals surface area contributed by atoms with E-state index in [0.717, 1.165) is 18.6 Å². The average molecular weight is 214 g/mol. The third-order valence-electron chi connectivity index (χ3n) is 4.08. The fourth-order valence-electron chi connectivity index (χ4n) is 2.90. The lowest BCUT2D eigenvalue weighted by Gasteiger charge is -2.41. The van der Waals surface area contributed by atoms with Gasteiger partial charge in [0.05, 0.1) is 0 Å². The molecular formula is C12H22OS. The molecule has 0 spiro atoms. The highest BCUT2D eigenvalue weighted by molar-refractivity contribution is 7.84. The molecule has 1 aliphatic rings. The van der Waals surface area contributed by atoms with Crippen molar-refractivity contribution < 1.29 is 4.21 Å². The zero-order valence-corrected chi connectivity index (χ0v) is 10.7. The van der Waals surface area contributed by atoms with Gasteiger partial charge in [0.2, 0.25) is 0 Å². The van der Waals surface area contributed by atoms with Gasteiger partial charge < -0.3 is 0 Å². The average Bonchev–Trinajstić information content (AvgIpc) is 2.28. The van der Waals surface area contributed by atoms with Crippen molar-refractivity contribution in [1.29, 1.82) is 0 Å². The van der Waals surface area contributed by atoms with Crippen LogP contribution in [0.5, 0.6) is 0 Å². The Labute approximate surface area is 90.4 Å². The smallest absolute Gasteiger partial charge is 0.0330 e. The van der Waals surface area contributed by atoms with Crippen LogP contribution in [0.15, 0.2) is 12.2 Å². The lowest BCUT2D eigenvalue weighted by Crippen LogP contribution is -2.38. The maximum atomic E-state index is 11.5. The van der Waals surface area contributed by atoms with Crippen LogP contribution in [0.25, 0.3) is 0 Å². The SMILES string of the molecule is C=C1CCC(C)(C)C1(CC)CS(C)=O. The highest BCUT2D eigenvalue weighted by Gasteiger charge is 2.50. The van der Waals surface area contributed by atoms with Gasteiger partial charge in [-0.3, -0.25) is 4.21 Å². The van der Waals surface area contributed by atoms with Gasteiger partial charge >= 0.3 is 0 Å². The fraction of sp³-hybridized carbons (Fsp3) is 0.833. The van der Waals surface area contributed by atoms with Crippen molar-refractivity contribution in [2.75, 3.05) is 12.0 Å². The van der Waals surface area contributed by atoms with Crippen LogP contribution in [0.4, 0.5) is 0 Å². The second-order valence-corrected chi connectivity index (χ2v) is 6.58. The molecule has 0 aromatic carbocycles. The monoisotopic (exact) mass is 214 g/mol. The molecule has 0 amide bonds. The van der Waals surface area contributed by atoms with Gasteiger partial charge in [0.15, 0.2) is 0 Å². The maximum Gasteiger partial charge on any atom is 0.0330 e. The van der Waals surface area contributed by atoms with Gasteiger partial charge in [-0.2, -0.15) is 0 Å². The van der Waals surface area contributed by atoms with Gasteiger partial charge in [0, 0.05) is 28.2 Å². The van der Waals surface area contributed by atoms with Gasteiger partial charge in [-0.25, -0.2) is 0 Å². The molecule has 82 valence electrons. The predicted molar refractivity (Wildman–Crippen MR) is 63.8 cm³/mol. The van der Waals surface area contributed by atoms with Crippen molar-refractivity contribution >= 4 is 10.8 Å². The summed E-state index contributed by atoms with van der Waals surface area (Å²) in [6.45, 7) is 11.0. The lowest BCUT2D eigenvalue weighted by molar-refractivity contribution is 0.164. The minimum absolute atomic E-state index is 0.118. The van der Waals surface area contributed by atoms with E-state index in [0.29, 0.717) is 0 Å². The molecule has 0 aromatic heterocycles. The fourth-order valence-corrected chi connectivity index (χ4v) is 4.39. The first-order chi connectivity index (χ1) is 6.35. The first kappa shape index (κ1) is 12.0. The second kappa shape index (κ2) is 3.80. The normalized spacial score (nSPS) is 33.3. The molecule has 2 atom stereocenters. The Hall–Kier alpha value is -0.110. The van der Waals surface area contributed by atoms with Gasteiger partial charge in [0.1, 0.15) is 0 Å². The Kier molecular flexibility index (Phi) is 3.25. The van der Waals surface area contributed by atoms with Gasteiger partial charge in [-0.15, -0.1) is 0 Å². The first-order valence-corrected chi connectivity index (χ1v) is 7.07. The Morgan fingerprint density at radius 1 is 1.50 bits per heavy atom. The summed E-state index contributed by atoms with van der Waals surface area (Å²) in [5.41, 5.74) is 1.71. The second-order valence-electron chi connectivity index (χ2n) is 5.14. The Morgan fingerprint density at radius 3 is 2.36 bits per heavy atom. The summed E-state index contributed by atoms with van der Waals surface area (Å²) in [4.78, 5) is 0. The maximum absolute atomic E-state index is 11.5. The molecule has 0 saturated heterocycles. The summed E-state index contributed by atoms with van der Waals surface area (Å²) in [5.74, 6) is 0.787. The van der Waals surface area contributed by atoms with E-state index < -0.39 is 10.8 Å². The molecule has 0 bridgehead atoms. The summed E-state index contributed by atoms with van der Waals surface area (Å²) in [5, 5.41) is 0. The largest absolute Gasteiger partial charge is 0.260 e. The van der Waals surface area contributed by atoms with Crippen molar-refractivity contribution in [2.45, 2.75) is 40.0 Å². The quantitative estimate of drug-likeness (QED) is 0.660. The minimum atomic E-state index is -0.723. The van der Waals surface area contributed by atoms with E-state index in [1.54, 1.807) is 6.26 Å². The Bertz CT molecular complexity index is 267. The molecule has 0 radical (unpaired) electrons. The van der Waals surface area contributed by atoms with E-state index in [-0.39, 0.29) is 10.8 Å². The molecule has 0 heterocycles. The molecular weight excluding hydrogens is 192 g/mol. The van der Waals surface area contributed by atoms with Gasteiger partial charge in [0.25, 0.3) is 0 Å². The van der Waals surface area contributed by atoms with Crippen molar-refractivity contribution in [1.82, 2.24) is 0 Å². The van der Waals surface area contributed by atoms with Gasteiger partial charge in [-0.05, 0) is 24.7 Å². The third kappa shape index (κ3) is 1.69. The predicted octanol–water partition coefficient (Wildman–Crippen LogP) is 3.14. The van der Waals surface area contributed by atoms with E-state index in [1.807, 2.05) is 0 Å².